The number of piperidine rings is 1. The zero-order valence-electron chi connectivity index (χ0n) is 38.7. The second-order valence-corrected chi connectivity index (χ2v) is 24.4. The number of amides is 4. The van der Waals surface area contributed by atoms with Crippen LogP contribution in [-0.2, 0) is 25.6 Å². The van der Waals surface area contributed by atoms with Crippen LogP contribution in [0.15, 0.2) is 48.9 Å². The number of carbonyl (C=O) groups excluding carboxylic acids is 5. The fourth-order valence-electron chi connectivity index (χ4n) is 8.94. The molecule has 1 unspecified atom stereocenters. The Labute approximate surface area is 386 Å². The van der Waals surface area contributed by atoms with E-state index in [4.69, 9.17) is 9.47 Å². The molecule has 1 aromatic carbocycles. The number of nitrogens with zero attached hydrogens (tertiary/aromatic N) is 9. The van der Waals surface area contributed by atoms with Crippen molar-refractivity contribution in [2.24, 2.45) is 0 Å². The number of fused-ring (bicyclic) bond motifs is 2. The lowest BCUT2D eigenvalue weighted by molar-refractivity contribution is -0.158. The van der Waals surface area contributed by atoms with Crippen molar-refractivity contribution in [2.75, 3.05) is 76.5 Å². The molecule has 0 aliphatic carbocycles. The minimum atomic E-state index is -1.33. The lowest BCUT2D eigenvalue weighted by atomic mass is 10.0. The van der Waals surface area contributed by atoms with E-state index in [0.29, 0.717) is 55.7 Å². The van der Waals surface area contributed by atoms with E-state index in [1.54, 1.807) is 27.8 Å². The molecule has 4 aliphatic heterocycles. The molecule has 8 rings (SSSR count). The van der Waals surface area contributed by atoms with Gasteiger partial charge < -0.3 is 24.6 Å². The summed E-state index contributed by atoms with van der Waals surface area (Å²) in [6.45, 7) is 14.0. The van der Waals surface area contributed by atoms with E-state index in [-0.39, 0.29) is 49.5 Å². The summed E-state index contributed by atoms with van der Waals surface area (Å²) in [5.41, 5.74) is 3.83. The molecule has 2 atom stereocenters. The van der Waals surface area contributed by atoms with Crippen molar-refractivity contribution in [2.45, 2.75) is 89.8 Å². The number of pyridine rings is 1. The number of carbonyl (C=O) groups is 5. The fraction of sp³-hybridized carbons (Fsp3) is 0.500. The fourth-order valence-corrected chi connectivity index (χ4v) is 9.70. The van der Waals surface area contributed by atoms with E-state index < -0.39 is 32.0 Å². The van der Waals surface area contributed by atoms with E-state index in [0.717, 1.165) is 78.5 Å². The Morgan fingerprint density at radius 2 is 1.73 bits per heavy atom. The topological polar surface area (TPSA) is 176 Å². The minimum absolute atomic E-state index is 0.0741. The van der Waals surface area contributed by atoms with Crippen LogP contribution in [0.5, 0.6) is 0 Å². The van der Waals surface area contributed by atoms with Crippen LogP contribution >= 0.6 is 0 Å². The monoisotopic (exact) mass is 916 g/mol. The lowest BCUT2D eigenvalue weighted by Gasteiger charge is -2.35. The summed E-state index contributed by atoms with van der Waals surface area (Å²) < 4.78 is 13.0. The Hall–Kier alpha value is -6.00. The van der Waals surface area contributed by atoms with Gasteiger partial charge in [-0.1, -0.05) is 50.9 Å². The summed E-state index contributed by atoms with van der Waals surface area (Å²) in [7, 11) is 0.726. The first-order valence-electron chi connectivity index (χ1n) is 23.1. The highest BCUT2D eigenvalue weighted by Crippen LogP contribution is 2.35. The van der Waals surface area contributed by atoms with E-state index in [2.05, 4.69) is 73.5 Å². The number of hydrogen-bond acceptors (Lipinski definition) is 13. The van der Waals surface area contributed by atoms with Crippen LogP contribution in [0.25, 0.3) is 10.9 Å². The molecule has 348 valence electrons. The van der Waals surface area contributed by atoms with Crippen molar-refractivity contribution in [3.05, 3.63) is 76.9 Å². The smallest absolute Gasteiger partial charge is 0.418 e. The maximum atomic E-state index is 13.6. The van der Waals surface area contributed by atoms with Crippen molar-refractivity contribution < 1.29 is 33.4 Å². The van der Waals surface area contributed by atoms with Gasteiger partial charge in [0.2, 0.25) is 11.9 Å². The number of anilines is 2. The number of likely N-dealkylation sites (tertiary alicyclic amines) is 2. The third-order valence-electron chi connectivity index (χ3n) is 12.9. The molecule has 17 nitrogen and oxygen atoms in total. The van der Waals surface area contributed by atoms with Crippen LogP contribution in [-0.4, -0.2) is 149 Å². The van der Waals surface area contributed by atoms with Gasteiger partial charge in [0, 0.05) is 101 Å². The molecule has 4 amide bonds. The van der Waals surface area contributed by atoms with Gasteiger partial charge in [0.05, 0.1) is 30.3 Å². The number of imide groups is 1. The summed E-state index contributed by atoms with van der Waals surface area (Å²) in [6, 6.07) is 9.46. The summed E-state index contributed by atoms with van der Waals surface area (Å²) >= 11 is 0. The summed E-state index contributed by atoms with van der Waals surface area (Å²) in [4.78, 5) is 89.5. The van der Waals surface area contributed by atoms with E-state index in [9.17, 15) is 24.0 Å². The first kappa shape index (κ1) is 46.5. The number of ether oxygens (including phenoxy) is 2. The molecular weight excluding hydrogens is 857 g/mol. The van der Waals surface area contributed by atoms with Crippen LogP contribution in [0.4, 0.5) is 16.6 Å². The number of piperazine rings is 1. The second-order valence-electron chi connectivity index (χ2n) is 18.8. The number of hydrogen-bond donors (Lipinski definition) is 1. The van der Waals surface area contributed by atoms with Gasteiger partial charge in [-0.3, -0.25) is 33.9 Å². The molecule has 1 N–H and O–H groups in total. The predicted octanol–water partition coefficient (Wildman–Crippen LogP) is 5.59. The highest BCUT2D eigenvalue weighted by molar-refractivity contribution is 6.76. The van der Waals surface area contributed by atoms with Crippen LogP contribution < -0.4 is 10.2 Å². The van der Waals surface area contributed by atoms with Gasteiger partial charge in [-0.15, -0.1) is 0 Å². The molecule has 4 aliphatic rings. The third kappa shape index (κ3) is 10.3. The van der Waals surface area contributed by atoms with Gasteiger partial charge in [-0.25, -0.2) is 24.3 Å². The Morgan fingerprint density at radius 3 is 2.45 bits per heavy atom. The molecule has 18 heteroatoms. The first-order valence-corrected chi connectivity index (χ1v) is 26.8. The number of nitrogens with one attached hydrogen (secondary N) is 1. The maximum absolute atomic E-state index is 13.6. The molecule has 0 spiro atoms. The number of rotatable bonds is 14. The SMILES string of the molecule is CCCCOC(=O)n1c([C@H]2CCCN2C)cc2cnc(NC(=O)c3cnc(N4CCN(CC#Cc5cccc6c5CN(C5CCC(=O)N(COCC[Si](C)(C)C)C5=O)C6=O)CC4)nc3)cc21. The first-order chi connectivity index (χ1) is 31.8. The Balaban J connectivity index is 0.842. The van der Waals surface area contributed by atoms with Gasteiger partial charge in [0.1, 0.15) is 18.6 Å². The van der Waals surface area contributed by atoms with Crippen molar-refractivity contribution in [3.63, 3.8) is 0 Å². The quantitative estimate of drug-likeness (QED) is 0.0718. The van der Waals surface area contributed by atoms with Crippen LogP contribution in [0.2, 0.25) is 25.7 Å². The molecule has 0 bridgehead atoms. The number of aromatic nitrogens is 4. The van der Waals surface area contributed by atoms with Crippen molar-refractivity contribution in [3.8, 4) is 11.8 Å². The zero-order chi connectivity index (χ0) is 46.5. The average molecular weight is 917 g/mol. The van der Waals surface area contributed by atoms with Gasteiger partial charge in [0.25, 0.3) is 17.7 Å². The van der Waals surface area contributed by atoms with Crippen molar-refractivity contribution in [1.82, 2.24) is 39.1 Å². The molecule has 4 aromatic rings. The normalized spacial score (nSPS) is 19.3. The summed E-state index contributed by atoms with van der Waals surface area (Å²) in [6.07, 6.45) is 8.36. The second kappa shape index (κ2) is 20.2. The third-order valence-corrected chi connectivity index (χ3v) is 14.6. The van der Waals surface area contributed by atoms with E-state index in [1.165, 1.54) is 12.4 Å². The van der Waals surface area contributed by atoms with Crippen LogP contribution in [0, 0.1) is 11.8 Å². The zero-order valence-corrected chi connectivity index (χ0v) is 39.7. The Bertz CT molecular complexity index is 2540. The van der Waals surface area contributed by atoms with Gasteiger partial charge >= 0.3 is 6.09 Å². The Kier molecular flexibility index (Phi) is 14.3. The van der Waals surface area contributed by atoms with Gasteiger partial charge in [-0.2, -0.15) is 0 Å². The lowest BCUT2D eigenvalue weighted by Crippen LogP contribution is -2.55. The minimum Gasteiger partial charge on any atom is -0.449 e. The molecule has 66 heavy (non-hydrogen) atoms. The highest BCUT2D eigenvalue weighted by atomic mass is 28.3. The molecule has 3 fully saturated rings. The Morgan fingerprint density at radius 1 is 0.939 bits per heavy atom. The summed E-state index contributed by atoms with van der Waals surface area (Å²) in [5.74, 6) is 6.09. The molecule has 3 aromatic heterocycles. The maximum Gasteiger partial charge on any atom is 0.418 e. The standard InChI is InChI=1S/C48H60N10O7Si/c1-6-7-23-65-48(63)58-40-27-42(49-28-34(40)26-41(58)38-14-10-17-53(38)2)52-44(60)35-29-50-47(51-30-35)55-21-19-54(20-22-55)18-9-12-33-11-8-13-36-37(33)31-56(45(36)61)39-15-16-43(59)57(46(39)62)32-64-24-25-66(3,4)5/h8,11,13,26-30,38-39H,6-7,10,14-25,31-32H2,1-5H3,(H,49,52,60)/t38-,39?/m1/s1. The van der Waals surface area contributed by atoms with Gasteiger partial charge in [0.15, 0.2) is 0 Å². The van der Waals surface area contributed by atoms with Crippen LogP contribution in [0.1, 0.15) is 89.0 Å². The average Bonchev–Trinajstić information content (AvgIpc) is 4.00. The summed E-state index contributed by atoms with van der Waals surface area (Å²) in [5, 5.41) is 3.64. The van der Waals surface area contributed by atoms with Gasteiger partial charge in [-0.05, 0) is 69.1 Å². The van der Waals surface area contributed by atoms with Crippen molar-refractivity contribution in [1.29, 1.82) is 0 Å². The van der Waals surface area contributed by atoms with Crippen LogP contribution in [0.3, 0.4) is 0 Å². The highest BCUT2D eigenvalue weighted by Gasteiger charge is 2.43. The molecule has 7 heterocycles. The molecular formula is C48H60N10O7Si. The molecule has 0 radical (unpaired) electrons. The molecule has 0 saturated carbocycles. The molecule has 3 saturated heterocycles. The van der Waals surface area contributed by atoms with Crippen molar-refractivity contribution >= 4 is 60.5 Å². The van der Waals surface area contributed by atoms with E-state index in [1.807, 2.05) is 25.1 Å². The number of benzene rings is 1. The largest absolute Gasteiger partial charge is 0.449 e. The number of unbranched alkanes of at least 4 members (excludes halogenated alkanes) is 1. The van der Waals surface area contributed by atoms with E-state index >= 15 is 0 Å². The predicted molar refractivity (Wildman–Crippen MR) is 252 cm³/mol.